The summed E-state index contributed by atoms with van der Waals surface area (Å²) in [6.07, 6.45) is 0.818. The molecule has 3 amide bonds. The molecular weight excluding hydrogens is 389 g/mol. The molecule has 1 atom stereocenters. The maximum atomic E-state index is 13.8. The number of rotatable bonds is 4. The van der Waals surface area contributed by atoms with Gasteiger partial charge in [0.25, 0.3) is 0 Å². The van der Waals surface area contributed by atoms with E-state index in [4.69, 9.17) is 4.74 Å². The molecular formula is C22H22FN3O4. The Morgan fingerprint density at radius 1 is 1.20 bits per heavy atom. The Bertz CT molecular complexity index is 1040. The number of fused-ring (bicyclic) bond motifs is 1. The highest BCUT2D eigenvalue weighted by molar-refractivity contribution is 6.04. The number of carbonyl (C=O) groups is 3. The van der Waals surface area contributed by atoms with Gasteiger partial charge in [0.1, 0.15) is 0 Å². The van der Waals surface area contributed by atoms with Crippen molar-refractivity contribution in [2.24, 2.45) is 5.92 Å². The van der Waals surface area contributed by atoms with E-state index in [-0.39, 0.29) is 36.4 Å². The number of methoxy groups -OCH3 is 1. The third kappa shape index (κ3) is 3.60. The van der Waals surface area contributed by atoms with Crippen molar-refractivity contribution in [1.82, 2.24) is 0 Å². The molecule has 0 aromatic heterocycles. The quantitative estimate of drug-likeness (QED) is 0.839. The fraction of sp³-hybridized carbons (Fsp3) is 0.318. The number of nitrogens with zero attached hydrogens (tertiary/aromatic N) is 2. The zero-order valence-electron chi connectivity index (χ0n) is 16.8. The van der Waals surface area contributed by atoms with E-state index >= 15 is 0 Å². The van der Waals surface area contributed by atoms with Crippen LogP contribution in [-0.4, -0.2) is 37.9 Å². The second-order valence-electron chi connectivity index (χ2n) is 7.48. The van der Waals surface area contributed by atoms with E-state index in [1.165, 1.54) is 26.2 Å². The van der Waals surface area contributed by atoms with Crippen LogP contribution in [0.15, 0.2) is 36.4 Å². The zero-order valence-corrected chi connectivity index (χ0v) is 16.8. The number of anilines is 3. The number of halogens is 1. The third-order valence-corrected chi connectivity index (χ3v) is 5.57. The Labute approximate surface area is 173 Å². The van der Waals surface area contributed by atoms with Gasteiger partial charge in [0.2, 0.25) is 17.7 Å². The lowest BCUT2D eigenvalue weighted by Gasteiger charge is -2.19. The Hall–Kier alpha value is -3.42. The summed E-state index contributed by atoms with van der Waals surface area (Å²) in [5, 5.41) is 2.67. The lowest BCUT2D eigenvalue weighted by Crippen LogP contribution is -2.28. The van der Waals surface area contributed by atoms with Crippen LogP contribution in [0.1, 0.15) is 18.9 Å². The first-order chi connectivity index (χ1) is 14.4. The minimum absolute atomic E-state index is 0.00884. The maximum absolute atomic E-state index is 13.8. The standard InChI is InChI=1S/C22H22FN3O4/c1-13(27)25-8-7-14-9-17(4-5-19(14)25)26-12-15(10-21(26)28)22(29)24-16-3-6-20(30-2)18(23)11-16/h3-6,9,11,15H,7-8,10,12H2,1-2H3,(H,24,29)/t15-/m0/s1. The molecule has 0 spiro atoms. The molecule has 2 aliphatic rings. The van der Waals surface area contributed by atoms with Crippen molar-refractivity contribution in [3.63, 3.8) is 0 Å². The highest BCUT2D eigenvalue weighted by Gasteiger charge is 2.36. The Balaban J connectivity index is 1.46. The van der Waals surface area contributed by atoms with Crippen LogP contribution in [0.4, 0.5) is 21.5 Å². The van der Waals surface area contributed by atoms with E-state index in [9.17, 15) is 18.8 Å². The Kier molecular flexibility index (Phi) is 5.15. The van der Waals surface area contributed by atoms with Crippen LogP contribution in [0.3, 0.4) is 0 Å². The highest BCUT2D eigenvalue weighted by Crippen LogP contribution is 2.34. The van der Waals surface area contributed by atoms with E-state index in [0.29, 0.717) is 12.2 Å². The van der Waals surface area contributed by atoms with Crippen LogP contribution in [0.2, 0.25) is 0 Å². The average Bonchev–Trinajstić information content (AvgIpc) is 3.31. The molecule has 0 radical (unpaired) electrons. The summed E-state index contributed by atoms with van der Waals surface area (Å²) in [7, 11) is 1.37. The van der Waals surface area contributed by atoms with Crippen LogP contribution in [0, 0.1) is 11.7 Å². The van der Waals surface area contributed by atoms with Gasteiger partial charge in [-0.05, 0) is 42.3 Å². The van der Waals surface area contributed by atoms with E-state index < -0.39 is 11.7 Å². The lowest BCUT2D eigenvalue weighted by molar-refractivity contribution is -0.122. The van der Waals surface area contributed by atoms with Crippen LogP contribution in [-0.2, 0) is 20.8 Å². The van der Waals surface area contributed by atoms with Crippen LogP contribution in [0.5, 0.6) is 5.75 Å². The third-order valence-electron chi connectivity index (χ3n) is 5.57. The van der Waals surface area contributed by atoms with Crippen molar-refractivity contribution in [1.29, 1.82) is 0 Å². The van der Waals surface area contributed by atoms with Gasteiger partial charge in [0.05, 0.1) is 13.0 Å². The molecule has 7 nitrogen and oxygen atoms in total. The first kappa shape index (κ1) is 19.9. The van der Waals surface area contributed by atoms with Gasteiger partial charge in [-0.25, -0.2) is 4.39 Å². The van der Waals surface area contributed by atoms with E-state index in [2.05, 4.69) is 5.32 Å². The lowest BCUT2D eigenvalue weighted by atomic mass is 10.1. The van der Waals surface area contributed by atoms with E-state index in [1.807, 2.05) is 12.1 Å². The number of carbonyl (C=O) groups excluding carboxylic acids is 3. The van der Waals surface area contributed by atoms with Gasteiger partial charge in [-0.15, -0.1) is 0 Å². The first-order valence-electron chi connectivity index (χ1n) is 9.73. The topological polar surface area (TPSA) is 79.0 Å². The normalized spacial score (nSPS) is 17.8. The van der Waals surface area contributed by atoms with Crippen molar-refractivity contribution in [2.45, 2.75) is 19.8 Å². The second-order valence-corrected chi connectivity index (χ2v) is 7.48. The van der Waals surface area contributed by atoms with Gasteiger partial charge in [0.15, 0.2) is 11.6 Å². The molecule has 0 bridgehead atoms. The Morgan fingerprint density at radius 3 is 2.70 bits per heavy atom. The van der Waals surface area contributed by atoms with Crippen molar-refractivity contribution in [3.05, 3.63) is 47.8 Å². The predicted octanol–water partition coefficient (Wildman–Crippen LogP) is 2.73. The smallest absolute Gasteiger partial charge is 0.229 e. The summed E-state index contributed by atoms with van der Waals surface area (Å²) < 4.78 is 18.7. The van der Waals surface area contributed by atoms with Gasteiger partial charge < -0.3 is 19.9 Å². The molecule has 2 heterocycles. The minimum atomic E-state index is -0.572. The minimum Gasteiger partial charge on any atom is -0.494 e. The molecule has 4 rings (SSSR count). The van der Waals surface area contributed by atoms with E-state index in [1.54, 1.807) is 21.9 Å². The number of ether oxygens (including phenoxy) is 1. The molecule has 0 saturated carbocycles. The molecule has 2 aromatic rings. The number of hydrogen-bond donors (Lipinski definition) is 1. The summed E-state index contributed by atoms with van der Waals surface area (Å²) in [5.74, 6) is -1.50. The monoisotopic (exact) mass is 411 g/mol. The largest absolute Gasteiger partial charge is 0.494 e. The summed E-state index contributed by atoms with van der Waals surface area (Å²) in [4.78, 5) is 40.2. The molecule has 2 aromatic carbocycles. The molecule has 1 fully saturated rings. The molecule has 0 aliphatic carbocycles. The number of amides is 3. The highest BCUT2D eigenvalue weighted by atomic mass is 19.1. The van der Waals surface area contributed by atoms with Gasteiger partial charge in [-0.3, -0.25) is 14.4 Å². The summed E-state index contributed by atoms with van der Waals surface area (Å²) >= 11 is 0. The zero-order chi connectivity index (χ0) is 21.4. The van der Waals surface area contributed by atoms with Gasteiger partial charge in [-0.2, -0.15) is 0 Å². The summed E-state index contributed by atoms with van der Waals surface area (Å²) in [6.45, 7) is 2.41. The van der Waals surface area contributed by atoms with Crippen molar-refractivity contribution in [3.8, 4) is 5.75 Å². The van der Waals surface area contributed by atoms with Crippen LogP contribution in [0.25, 0.3) is 0 Å². The van der Waals surface area contributed by atoms with Gasteiger partial charge in [0, 0.05) is 49.6 Å². The molecule has 156 valence electrons. The fourth-order valence-corrected chi connectivity index (χ4v) is 4.00. The van der Waals surface area contributed by atoms with Crippen molar-refractivity contribution >= 4 is 34.8 Å². The number of benzene rings is 2. The van der Waals surface area contributed by atoms with Gasteiger partial charge in [-0.1, -0.05) is 0 Å². The molecule has 8 heteroatoms. The van der Waals surface area contributed by atoms with Crippen LogP contribution >= 0.6 is 0 Å². The van der Waals surface area contributed by atoms with Crippen molar-refractivity contribution < 1.29 is 23.5 Å². The molecule has 1 saturated heterocycles. The SMILES string of the molecule is COc1ccc(NC(=O)[C@H]2CC(=O)N(c3ccc4c(c3)CCN4C(C)=O)C2)cc1F. The fourth-order valence-electron chi connectivity index (χ4n) is 4.00. The number of hydrogen-bond acceptors (Lipinski definition) is 4. The molecule has 1 N–H and O–H groups in total. The molecule has 2 aliphatic heterocycles. The number of nitrogens with one attached hydrogen (secondary N) is 1. The van der Waals surface area contributed by atoms with Gasteiger partial charge >= 0.3 is 0 Å². The van der Waals surface area contributed by atoms with E-state index in [0.717, 1.165) is 23.4 Å². The second kappa shape index (κ2) is 7.78. The maximum Gasteiger partial charge on any atom is 0.229 e. The first-order valence-corrected chi connectivity index (χ1v) is 9.73. The molecule has 0 unspecified atom stereocenters. The summed E-state index contributed by atoms with van der Waals surface area (Å²) in [5.41, 5.74) is 2.91. The Morgan fingerprint density at radius 2 is 2.00 bits per heavy atom. The predicted molar refractivity (Wildman–Crippen MR) is 110 cm³/mol. The van der Waals surface area contributed by atoms with Crippen LogP contribution < -0.4 is 19.9 Å². The average molecular weight is 411 g/mol. The summed E-state index contributed by atoms with van der Waals surface area (Å²) in [6, 6.07) is 9.74. The molecule has 30 heavy (non-hydrogen) atoms. The van der Waals surface area contributed by atoms with Crippen molar-refractivity contribution in [2.75, 3.05) is 35.3 Å².